The molecule has 1 amide bonds. The van der Waals surface area contributed by atoms with Crippen molar-refractivity contribution in [3.05, 3.63) is 39.9 Å². The largest absolute Gasteiger partial charge is 0.360 e. The molecule has 0 saturated carbocycles. The predicted molar refractivity (Wildman–Crippen MR) is 68.8 cm³/mol. The number of hydrogen-bond donors (Lipinski definition) is 0. The molecule has 1 unspecified atom stereocenters. The van der Waals surface area contributed by atoms with Gasteiger partial charge in [-0.2, -0.15) is 0 Å². The lowest BCUT2D eigenvalue weighted by Gasteiger charge is -2.34. The van der Waals surface area contributed by atoms with Gasteiger partial charge in [0.25, 0.3) is 5.78 Å². The Morgan fingerprint density at radius 2 is 1.89 bits per heavy atom. The highest BCUT2D eigenvalue weighted by atomic mass is 16.6. The number of benzene rings is 1. The van der Waals surface area contributed by atoms with Gasteiger partial charge < -0.3 is 4.90 Å². The summed E-state index contributed by atoms with van der Waals surface area (Å²) in [5, 5.41) is 11.3. The number of nitrogens with zero attached hydrogens (tertiary/aromatic N) is 2. The Labute approximate surface area is 110 Å². The van der Waals surface area contributed by atoms with E-state index in [1.807, 2.05) is 0 Å². The van der Waals surface area contributed by atoms with Crippen LogP contribution < -0.4 is 4.90 Å². The van der Waals surface area contributed by atoms with Gasteiger partial charge in [0.15, 0.2) is 0 Å². The van der Waals surface area contributed by atoms with Crippen LogP contribution in [0.25, 0.3) is 0 Å². The predicted octanol–water partition coefficient (Wildman–Crippen LogP) is 1.66. The van der Waals surface area contributed by atoms with E-state index >= 15 is 0 Å². The number of fused-ring (bicyclic) bond motifs is 1. The number of nitro groups is 1. The van der Waals surface area contributed by atoms with Crippen LogP contribution in [0.5, 0.6) is 0 Å². The van der Waals surface area contributed by atoms with Crippen molar-refractivity contribution in [3.63, 3.8) is 0 Å². The number of rotatable bonds is 3. The van der Waals surface area contributed by atoms with Gasteiger partial charge in [0, 0.05) is 23.5 Å². The number of carbonyl (C=O) groups is 2. The van der Waals surface area contributed by atoms with Crippen molar-refractivity contribution in [3.8, 4) is 0 Å². The van der Waals surface area contributed by atoms with Crippen molar-refractivity contribution in [2.45, 2.75) is 25.8 Å². The van der Waals surface area contributed by atoms with Gasteiger partial charge in [-0.15, -0.1) is 0 Å². The number of hydrogen-bond acceptors (Lipinski definition) is 4. The van der Waals surface area contributed by atoms with E-state index in [0.717, 1.165) is 0 Å². The number of Topliss-reactive ketones (excluding diaryl/α,β-unsaturated/α-hetero) is 1. The van der Waals surface area contributed by atoms with E-state index in [1.54, 1.807) is 25.1 Å². The Balaban J connectivity index is 2.74. The highest BCUT2D eigenvalue weighted by Crippen LogP contribution is 2.35. The average molecular weight is 262 g/mol. The van der Waals surface area contributed by atoms with Gasteiger partial charge in [0.1, 0.15) is 0 Å². The van der Waals surface area contributed by atoms with Crippen LogP contribution in [0.1, 0.15) is 30.6 Å². The van der Waals surface area contributed by atoms with Gasteiger partial charge in [-0.1, -0.05) is 19.1 Å². The Morgan fingerprint density at radius 1 is 1.26 bits per heavy atom. The monoisotopic (exact) mass is 262 g/mol. The minimum atomic E-state index is -2.18. The van der Waals surface area contributed by atoms with Crippen LogP contribution in [-0.4, -0.2) is 28.7 Å². The summed E-state index contributed by atoms with van der Waals surface area (Å²) in [6.45, 7) is 3.50. The molecule has 6 heteroatoms. The standard InChI is InChI=1S/C13H14N2O4/c1-3-13(15(18)19)11(16)9-7-5-6-8-10(9)14(4-2)12(13)17/h5-8H,3-4H2,1-2H3. The molecule has 1 aromatic carbocycles. The molecule has 19 heavy (non-hydrogen) atoms. The van der Waals surface area contributed by atoms with Crippen LogP contribution in [0.4, 0.5) is 5.69 Å². The quantitative estimate of drug-likeness (QED) is 0.471. The number of para-hydroxylation sites is 1. The van der Waals surface area contributed by atoms with E-state index < -0.39 is 22.2 Å². The lowest BCUT2D eigenvalue weighted by Crippen LogP contribution is -2.62. The van der Waals surface area contributed by atoms with E-state index in [0.29, 0.717) is 12.2 Å². The highest BCUT2D eigenvalue weighted by Gasteiger charge is 2.61. The molecular weight excluding hydrogens is 248 g/mol. The van der Waals surface area contributed by atoms with Crippen molar-refractivity contribution in [1.29, 1.82) is 0 Å². The topological polar surface area (TPSA) is 80.5 Å². The normalized spacial score (nSPS) is 22.3. The summed E-state index contributed by atoms with van der Waals surface area (Å²) in [5.41, 5.74) is -1.49. The fraction of sp³-hybridized carbons (Fsp3) is 0.385. The van der Waals surface area contributed by atoms with Gasteiger partial charge in [-0.05, 0) is 19.1 Å². The molecule has 1 aromatic rings. The first-order valence-corrected chi connectivity index (χ1v) is 6.11. The molecule has 1 heterocycles. The second-order valence-electron chi connectivity index (χ2n) is 4.37. The van der Waals surface area contributed by atoms with Crippen LogP contribution in [0, 0.1) is 10.1 Å². The zero-order valence-electron chi connectivity index (χ0n) is 10.8. The summed E-state index contributed by atoms with van der Waals surface area (Å²) in [7, 11) is 0. The maximum atomic E-state index is 12.4. The number of ketones is 1. The SMILES string of the molecule is CCN1C(=O)C(CC)([N+](=O)[O-])C(=O)c2ccccc21. The molecule has 1 aliphatic heterocycles. The molecule has 0 N–H and O–H groups in total. The molecule has 100 valence electrons. The van der Waals surface area contributed by atoms with Crippen LogP contribution in [0.3, 0.4) is 0 Å². The minimum Gasteiger partial charge on any atom is -0.305 e. The molecule has 2 rings (SSSR count). The molecule has 0 saturated heterocycles. The molecule has 1 aliphatic rings. The molecule has 0 aliphatic carbocycles. The number of carbonyl (C=O) groups excluding carboxylic acids is 2. The fourth-order valence-corrected chi connectivity index (χ4v) is 2.47. The summed E-state index contributed by atoms with van der Waals surface area (Å²) >= 11 is 0. The summed E-state index contributed by atoms with van der Waals surface area (Å²) in [6.07, 6.45) is -0.150. The van der Waals surface area contributed by atoms with Crippen LogP contribution in [-0.2, 0) is 4.79 Å². The highest BCUT2D eigenvalue weighted by molar-refractivity contribution is 6.27. The molecular formula is C13H14N2O4. The number of amides is 1. The van der Waals surface area contributed by atoms with E-state index in [4.69, 9.17) is 0 Å². The second-order valence-corrected chi connectivity index (χ2v) is 4.37. The van der Waals surface area contributed by atoms with Gasteiger partial charge >= 0.3 is 11.4 Å². The second kappa shape index (κ2) is 4.46. The van der Waals surface area contributed by atoms with E-state index in [-0.39, 0.29) is 12.0 Å². The van der Waals surface area contributed by atoms with Crippen molar-refractivity contribution in [2.24, 2.45) is 0 Å². The zero-order valence-corrected chi connectivity index (χ0v) is 10.8. The van der Waals surface area contributed by atoms with Crippen LogP contribution in [0.2, 0.25) is 0 Å². The molecule has 0 aromatic heterocycles. The Kier molecular flexibility index (Phi) is 3.09. The van der Waals surface area contributed by atoms with Gasteiger partial charge in [0.2, 0.25) is 0 Å². The van der Waals surface area contributed by atoms with Crippen molar-refractivity contribution < 1.29 is 14.5 Å². The molecule has 1 atom stereocenters. The van der Waals surface area contributed by atoms with Crippen molar-refractivity contribution >= 4 is 17.4 Å². The van der Waals surface area contributed by atoms with E-state index in [1.165, 1.54) is 17.9 Å². The maximum absolute atomic E-state index is 12.4. The van der Waals surface area contributed by atoms with E-state index in [2.05, 4.69) is 0 Å². The molecule has 0 bridgehead atoms. The number of likely N-dealkylation sites (N-methyl/N-ethyl adjacent to an activating group) is 1. The van der Waals surface area contributed by atoms with Crippen LogP contribution in [0.15, 0.2) is 24.3 Å². The lowest BCUT2D eigenvalue weighted by molar-refractivity contribution is -0.533. The fourth-order valence-electron chi connectivity index (χ4n) is 2.47. The van der Waals surface area contributed by atoms with Gasteiger partial charge in [-0.25, -0.2) is 0 Å². The third-order valence-corrected chi connectivity index (χ3v) is 3.55. The smallest absolute Gasteiger partial charge is 0.305 e. The maximum Gasteiger partial charge on any atom is 0.360 e. The summed E-state index contributed by atoms with van der Waals surface area (Å²) < 4.78 is 0. The van der Waals surface area contributed by atoms with E-state index in [9.17, 15) is 19.7 Å². The minimum absolute atomic E-state index is 0.150. The number of anilines is 1. The molecule has 0 spiro atoms. The lowest BCUT2D eigenvalue weighted by atomic mass is 9.81. The summed E-state index contributed by atoms with van der Waals surface area (Å²) in [6, 6.07) is 6.50. The summed E-state index contributed by atoms with van der Waals surface area (Å²) in [5.74, 6) is -1.46. The summed E-state index contributed by atoms with van der Waals surface area (Å²) in [4.78, 5) is 36.7. The average Bonchev–Trinajstić information content (AvgIpc) is 2.40. The first-order chi connectivity index (χ1) is 9.00. The zero-order chi connectivity index (χ0) is 14.2. The first kappa shape index (κ1) is 13.2. The molecule has 6 nitrogen and oxygen atoms in total. The molecule has 0 radical (unpaired) electrons. The Hall–Kier alpha value is -2.24. The van der Waals surface area contributed by atoms with Crippen LogP contribution >= 0.6 is 0 Å². The first-order valence-electron chi connectivity index (χ1n) is 6.11. The van der Waals surface area contributed by atoms with Crippen molar-refractivity contribution in [1.82, 2.24) is 0 Å². The Morgan fingerprint density at radius 3 is 2.42 bits per heavy atom. The van der Waals surface area contributed by atoms with Gasteiger partial charge in [0.05, 0.1) is 5.69 Å². The third-order valence-electron chi connectivity index (χ3n) is 3.55. The Bertz CT molecular complexity index is 570. The third kappa shape index (κ3) is 1.56. The van der Waals surface area contributed by atoms with Gasteiger partial charge in [-0.3, -0.25) is 19.7 Å². The van der Waals surface area contributed by atoms with Crippen molar-refractivity contribution in [2.75, 3.05) is 11.4 Å². The molecule has 0 fully saturated rings.